The minimum absolute atomic E-state index is 0.157. The Morgan fingerprint density at radius 1 is 1.22 bits per heavy atom. The molecule has 1 aromatic carbocycles. The Bertz CT molecular complexity index is 1240. The summed E-state index contributed by atoms with van der Waals surface area (Å²) in [4.78, 5) is 12.8. The second kappa shape index (κ2) is 8.80. The molecule has 5 rings (SSSR count). The molecule has 1 atom stereocenters. The highest BCUT2D eigenvalue weighted by molar-refractivity contribution is 5.66. The maximum Gasteiger partial charge on any atom is 0.228 e. The van der Waals surface area contributed by atoms with Crippen molar-refractivity contribution in [1.29, 1.82) is 0 Å². The van der Waals surface area contributed by atoms with E-state index < -0.39 is 5.82 Å². The number of hydrogen-bond donors (Lipinski definition) is 2. The lowest BCUT2D eigenvalue weighted by Gasteiger charge is -2.15. The molecule has 4 heterocycles. The molecule has 0 amide bonds. The first-order valence-electron chi connectivity index (χ1n) is 10.5. The van der Waals surface area contributed by atoms with Gasteiger partial charge in [0.2, 0.25) is 5.95 Å². The molecule has 2 N–H and O–H groups in total. The number of methoxy groups -OCH3 is 1. The van der Waals surface area contributed by atoms with Crippen molar-refractivity contribution >= 4 is 17.3 Å². The summed E-state index contributed by atoms with van der Waals surface area (Å²) < 4.78 is 27.8. The molecule has 1 fully saturated rings. The fourth-order valence-electron chi connectivity index (χ4n) is 3.80. The van der Waals surface area contributed by atoms with Crippen LogP contribution in [-0.4, -0.2) is 45.7 Å². The van der Waals surface area contributed by atoms with Crippen molar-refractivity contribution in [2.24, 2.45) is 0 Å². The molecule has 0 saturated carbocycles. The summed E-state index contributed by atoms with van der Waals surface area (Å²) in [7, 11) is 1.58. The van der Waals surface area contributed by atoms with Gasteiger partial charge >= 0.3 is 0 Å². The lowest BCUT2D eigenvalue weighted by atomic mass is 10.2. The highest BCUT2D eigenvalue weighted by atomic mass is 19.1. The third-order valence-corrected chi connectivity index (χ3v) is 5.44. The van der Waals surface area contributed by atoms with Crippen LogP contribution >= 0.6 is 0 Å². The number of aromatic nitrogens is 4. The molecular weight excluding hydrogens is 411 g/mol. The summed E-state index contributed by atoms with van der Waals surface area (Å²) in [6, 6.07) is 11.5. The maximum absolute atomic E-state index is 14.6. The van der Waals surface area contributed by atoms with Crippen LogP contribution in [0.2, 0.25) is 0 Å². The van der Waals surface area contributed by atoms with Gasteiger partial charge in [0.25, 0.3) is 0 Å². The van der Waals surface area contributed by atoms with Crippen LogP contribution in [0, 0.1) is 5.82 Å². The topological polar surface area (TPSA) is 85.6 Å². The summed E-state index contributed by atoms with van der Waals surface area (Å²) in [5.74, 6) is 1.01. The summed E-state index contributed by atoms with van der Waals surface area (Å²) in [5, 5.41) is 6.52. The summed E-state index contributed by atoms with van der Waals surface area (Å²) >= 11 is 0. The molecule has 1 aliphatic heterocycles. The standard InChI is InChI=1S/C23H23FN6O2/c1-31-20-11-16(32-14-15-5-4-9-25-15)7-8-18(20)28-23-27-12-17(24)22(29-23)19-13-26-21-6-2-3-10-30(19)21/h2-3,6-8,10-13,15,25H,4-5,9,14H2,1H3,(H,27,28,29)/t15-/m1/s1. The predicted octanol–water partition coefficient (Wildman–Crippen LogP) is 3.81. The number of anilines is 2. The zero-order chi connectivity index (χ0) is 21.9. The van der Waals surface area contributed by atoms with Crippen LogP contribution in [0.3, 0.4) is 0 Å². The molecule has 3 aromatic heterocycles. The van der Waals surface area contributed by atoms with Crippen molar-refractivity contribution in [2.75, 3.05) is 25.6 Å². The van der Waals surface area contributed by atoms with Gasteiger partial charge in [0, 0.05) is 18.3 Å². The molecule has 9 heteroatoms. The predicted molar refractivity (Wildman–Crippen MR) is 119 cm³/mol. The third kappa shape index (κ3) is 4.06. The first kappa shape index (κ1) is 20.2. The van der Waals surface area contributed by atoms with Crippen LogP contribution in [0.15, 0.2) is 55.0 Å². The second-order valence-electron chi connectivity index (χ2n) is 7.55. The SMILES string of the molecule is COc1cc(OC[C@H]2CCCN2)ccc1Nc1ncc(F)c(-c2cnc3ccccn23)n1. The summed E-state index contributed by atoms with van der Waals surface area (Å²) in [6.07, 6.45) is 6.85. The first-order chi connectivity index (χ1) is 15.7. The number of fused-ring (bicyclic) bond motifs is 1. The number of halogens is 1. The quantitative estimate of drug-likeness (QED) is 0.457. The van der Waals surface area contributed by atoms with Gasteiger partial charge in [-0.1, -0.05) is 6.07 Å². The summed E-state index contributed by atoms with van der Waals surface area (Å²) in [6.45, 7) is 1.65. The molecule has 32 heavy (non-hydrogen) atoms. The third-order valence-electron chi connectivity index (χ3n) is 5.44. The largest absolute Gasteiger partial charge is 0.494 e. The first-order valence-corrected chi connectivity index (χ1v) is 10.5. The van der Waals surface area contributed by atoms with Gasteiger partial charge in [-0.2, -0.15) is 0 Å². The normalized spacial score (nSPS) is 15.8. The zero-order valence-corrected chi connectivity index (χ0v) is 17.6. The monoisotopic (exact) mass is 434 g/mol. The number of rotatable bonds is 7. The van der Waals surface area contributed by atoms with Crippen molar-refractivity contribution < 1.29 is 13.9 Å². The Morgan fingerprint density at radius 2 is 2.16 bits per heavy atom. The fraction of sp³-hybridized carbons (Fsp3) is 0.261. The molecule has 0 aliphatic carbocycles. The minimum Gasteiger partial charge on any atom is -0.494 e. The van der Waals surface area contributed by atoms with E-state index in [9.17, 15) is 4.39 Å². The molecule has 0 radical (unpaired) electrons. The average molecular weight is 434 g/mol. The Balaban J connectivity index is 1.38. The van der Waals surface area contributed by atoms with Gasteiger partial charge in [-0.25, -0.2) is 19.3 Å². The van der Waals surface area contributed by atoms with E-state index >= 15 is 0 Å². The molecular formula is C23H23FN6O2. The van der Waals surface area contributed by atoms with Crippen LogP contribution in [0.25, 0.3) is 17.0 Å². The second-order valence-corrected chi connectivity index (χ2v) is 7.55. The average Bonchev–Trinajstić information content (AvgIpc) is 3.49. The van der Waals surface area contributed by atoms with E-state index in [-0.39, 0.29) is 11.6 Å². The van der Waals surface area contributed by atoms with E-state index in [0.717, 1.165) is 19.2 Å². The van der Waals surface area contributed by atoms with Gasteiger partial charge in [0.05, 0.1) is 30.9 Å². The number of ether oxygens (including phenoxy) is 2. The number of nitrogens with zero attached hydrogens (tertiary/aromatic N) is 4. The van der Waals surface area contributed by atoms with Gasteiger partial charge in [0.1, 0.15) is 29.4 Å². The lowest BCUT2D eigenvalue weighted by Crippen LogP contribution is -2.28. The minimum atomic E-state index is -0.530. The van der Waals surface area contributed by atoms with Crippen LogP contribution in [0.1, 0.15) is 12.8 Å². The summed E-state index contributed by atoms with van der Waals surface area (Å²) in [5.41, 5.74) is 2.05. The molecule has 8 nitrogen and oxygen atoms in total. The fourth-order valence-corrected chi connectivity index (χ4v) is 3.80. The van der Waals surface area contributed by atoms with Gasteiger partial charge in [0.15, 0.2) is 5.82 Å². The highest BCUT2D eigenvalue weighted by Gasteiger charge is 2.17. The molecule has 0 unspecified atom stereocenters. The van der Waals surface area contributed by atoms with Crippen molar-refractivity contribution in [1.82, 2.24) is 24.7 Å². The van der Waals surface area contributed by atoms with Crippen molar-refractivity contribution in [3.05, 3.63) is 60.8 Å². The zero-order valence-electron chi connectivity index (χ0n) is 17.6. The van der Waals surface area contributed by atoms with Crippen LogP contribution in [-0.2, 0) is 0 Å². The molecule has 1 saturated heterocycles. The Kier molecular flexibility index (Phi) is 5.55. The lowest BCUT2D eigenvalue weighted by molar-refractivity contribution is 0.276. The van der Waals surface area contributed by atoms with E-state index in [4.69, 9.17) is 9.47 Å². The van der Waals surface area contributed by atoms with Gasteiger partial charge < -0.3 is 20.1 Å². The highest BCUT2D eigenvalue weighted by Crippen LogP contribution is 2.32. The van der Waals surface area contributed by atoms with Gasteiger partial charge in [-0.15, -0.1) is 0 Å². The van der Waals surface area contributed by atoms with Gasteiger partial charge in [-0.3, -0.25) is 4.40 Å². The van der Waals surface area contributed by atoms with E-state index in [1.54, 1.807) is 17.7 Å². The number of benzene rings is 1. The number of pyridine rings is 1. The molecule has 1 aliphatic rings. The molecule has 4 aromatic rings. The number of nitrogens with one attached hydrogen (secondary N) is 2. The van der Waals surface area contributed by atoms with Gasteiger partial charge in [-0.05, 0) is 43.7 Å². The van der Waals surface area contributed by atoms with E-state index in [2.05, 4.69) is 25.6 Å². The van der Waals surface area contributed by atoms with Crippen molar-refractivity contribution in [3.63, 3.8) is 0 Å². The Hall–Kier alpha value is -3.72. The van der Waals surface area contributed by atoms with Crippen LogP contribution < -0.4 is 20.1 Å². The van der Waals surface area contributed by atoms with E-state index in [1.165, 1.54) is 6.42 Å². The molecule has 0 spiro atoms. The van der Waals surface area contributed by atoms with Crippen LogP contribution in [0.4, 0.5) is 16.0 Å². The maximum atomic E-state index is 14.6. The van der Waals surface area contributed by atoms with E-state index in [1.807, 2.05) is 42.6 Å². The molecule has 0 bridgehead atoms. The number of imidazole rings is 1. The Morgan fingerprint density at radius 3 is 3.00 bits per heavy atom. The molecule has 164 valence electrons. The Labute approximate surface area is 184 Å². The van der Waals surface area contributed by atoms with E-state index in [0.29, 0.717) is 41.2 Å². The van der Waals surface area contributed by atoms with Crippen molar-refractivity contribution in [3.8, 4) is 22.9 Å². The smallest absolute Gasteiger partial charge is 0.228 e. The number of hydrogen-bond acceptors (Lipinski definition) is 7. The van der Waals surface area contributed by atoms with Crippen LogP contribution in [0.5, 0.6) is 11.5 Å². The van der Waals surface area contributed by atoms with Crippen molar-refractivity contribution in [2.45, 2.75) is 18.9 Å².